The number of unbranched alkanes of at least 4 members (excludes halogenated alkanes) is 4. The van der Waals surface area contributed by atoms with E-state index < -0.39 is 0 Å². The molecule has 1 aliphatic rings. The van der Waals surface area contributed by atoms with E-state index in [1.807, 2.05) is 12.1 Å². The summed E-state index contributed by atoms with van der Waals surface area (Å²) in [6.07, 6.45) is 9.55. The van der Waals surface area contributed by atoms with E-state index in [-0.39, 0.29) is 5.24 Å². The molecule has 4 nitrogen and oxygen atoms in total. The first-order chi connectivity index (χ1) is 14.7. The van der Waals surface area contributed by atoms with Gasteiger partial charge in [-0.2, -0.15) is 0 Å². The van der Waals surface area contributed by atoms with Crippen molar-refractivity contribution in [2.75, 3.05) is 51.6 Å². The van der Waals surface area contributed by atoms with E-state index in [0.29, 0.717) is 0 Å². The molecule has 0 unspecified atom stereocenters. The van der Waals surface area contributed by atoms with Gasteiger partial charge in [-0.05, 0) is 62.9 Å². The van der Waals surface area contributed by atoms with Crippen molar-refractivity contribution in [3.8, 4) is 0 Å². The van der Waals surface area contributed by atoms with Crippen molar-refractivity contribution in [1.82, 2.24) is 15.1 Å². The van der Waals surface area contributed by atoms with Crippen LogP contribution >= 0.6 is 23.4 Å². The number of aryl methyl sites for hydroxylation is 1. The number of thioether (sulfide) groups is 1. The Bertz CT molecular complexity index is 576. The lowest BCUT2D eigenvalue weighted by atomic mass is 10.1. The lowest BCUT2D eigenvalue weighted by Gasteiger charge is -2.34. The van der Waals surface area contributed by atoms with Crippen molar-refractivity contribution in [2.24, 2.45) is 0 Å². The van der Waals surface area contributed by atoms with Crippen LogP contribution in [0.5, 0.6) is 0 Å². The Hall–Kier alpha value is -0.750. The molecule has 0 atom stereocenters. The molecule has 0 spiro atoms. The summed E-state index contributed by atoms with van der Waals surface area (Å²) < 4.78 is 0. The molecule has 6 heteroatoms. The minimum absolute atomic E-state index is 0.148. The van der Waals surface area contributed by atoms with Crippen molar-refractivity contribution in [2.45, 2.75) is 58.3 Å². The standard InChI is InChI=1S/C24H40ClN3OS/c1-2-3-4-6-14-26-24(29)30-21-8-16-28-19-17-27(18-20-28)15-7-5-9-22-10-12-23(25)13-11-22/h10-13H,2-9,14-21H2,1H3,(H,26,29). The monoisotopic (exact) mass is 453 g/mol. The molecule has 1 amide bonds. The molecule has 1 fully saturated rings. The van der Waals surface area contributed by atoms with Gasteiger partial charge in [0.2, 0.25) is 0 Å². The molecular weight excluding hydrogens is 414 g/mol. The normalized spacial score (nSPS) is 15.4. The third-order valence-corrected chi connectivity index (χ3v) is 6.87. The minimum Gasteiger partial charge on any atom is -0.347 e. The smallest absolute Gasteiger partial charge is 0.279 e. The predicted molar refractivity (Wildman–Crippen MR) is 132 cm³/mol. The largest absolute Gasteiger partial charge is 0.347 e. The van der Waals surface area contributed by atoms with E-state index in [4.69, 9.17) is 11.6 Å². The van der Waals surface area contributed by atoms with Crippen molar-refractivity contribution in [3.05, 3.63) is 34.9 Å². The molecule has 0 aliphatic carbocycles. The Morgan fingerprint density at radius 2 is 1.60 bits per heavy atom. The number of piperazine rings is 1. The fraction of sp³-hybridized carbons (Fsp3) is 0.708. The van der Waals surface area contributed by atoms with Crippen molar-refractivity contribution in [1.29, 1.82) is 0 Å². The summed E-state index contributed by atoms with van der Waals surface area (Å²) in [5, 5.41) is 3.98. The third kappa shape index (κ3) is 11.6. The van der Waals surface area contributed by atoms with Crippen LogP contribution in [0, 0.1) is 0 Å². The Balaban J connectivity index is 1.42. The van der Waals surface area contributed by atoms with E-state index >= 15 is 0 Å². The zero-order valence-electron chi connectivity index (χ0n) is 18.7. The summed E-state index contributed by atoms with van der Waals surface area (Å²) in [6, 6.07) is 8.23. The van der Waals surface area contributed by atoms with Gasteiger partial charge in [0, 0.05) is 43.5 Å². The van der Waals surface area contributed by atoms with Gasteiger partial charge in [0.1, 0.15) is 0 Å². The molecule has 1 aromatic carbocycles. The first kappa shape index (κ1) is 25.5. The number of carbonyl (C=O) groups excluding carboxylic acids is 1. The molecular formula is C24H40ClN3OS. The average molecular weight is 454 g/mol. The average Bonchev–Trinajstić information content (AvgIpc) is 2.76. The maximum absolute atomic E-state index is 11.8. The highest BCUT2D eigenvalue weighted by Crippen LogP contribution is 2.13. The van der Waals surface area contributed by atoms with Gasteiger partial charge in [0.25, 0.3) is 5.24 Å². The predicted octanol–water partition coefficient (Wildman–Crippen LogP) is 5.69. The highest BCUT2D eigenvalue weighted by atomic mass is 35.5. The number of halogens is 1. The van der Waals surface area contributed by atoms with Gasteiger partial charge >= 0.3 is 0 Å². The quantitative estimate of drug-likeness (QED) is 0.367. The molecule has 1 N–H and O–H groups in total. The number of carbonyl (C=O) groups is 1. The molecule has 0 saturated carbocycles. The molecule has 2 rings (SSSR count). The summed E-state index contributed by atoms with van der Waals surface area (Å²) in [5.41, 5.74) is 1.38. The molecule has 30 heavy (non-hydrogen) atoms. The number of hydrogen-bond acceptors (Lipinski definition) is 4. The van der Waals surface area contributed by atoms with Crippen LogP contribution in [0.15, 0.2) is 24.3 Å². The zero-order valence-corrected chi connectivity index (χ0v) is 20.3. The summed E-state index contributed by atoms with van der Waals surface area (Å²) in [5.74, 6) is 0.922. The zero-order chi connectivity index (χ0) is 21.4. The van der Waals surface area contributed by atoms with E-state index in [1.54, 1.807) is 0 Å². The van der Waals surface area contributed by atoms with Gasteiger partial charge in [0.15, 0.2) is 0 Å². The summed E-state index contributed by atoms with van der Waals surface area (Å²) >= 11 is 7.39. The lowest BCUT2D eigenvalue weighted by molar-refractivity contribution is 0.131. The molecule has 1 aliphatic heterocycles. The van der Waals surface area contributed by atoms with Crippen LogP contribution in [0.2, 0.25) is 5.02 Å². The van der Waals surface area contributed by atoms with Gasteiger partial charge < -0.3 is 15.1 Å². The van der Waals surface area contributed by atoms with Crippen LogP contribution < -0.4 is 5.32 Å². The fourth-order valence-electron chi connectivity index (χ4n) is 3.80. The van der Waals surface area contributed by atoms with Crippen molar-refractivity contribution < 1.29 is 4.79 Å². The number of rotatable bonds is 14. The maximum atomic E-state index is 11.8. The van der Waals surface area contributed by atoms with Crippen molar-refractivity contribution >= 4 is 28.6 Å². The topological polar surface area (TPSA) is 35.6 Å². The van der Waals surface area contributed by atoms with E-state index in [0.717, 1.165) is 56.2 Å². The molecule has 0 radical (unpaired) electrons. The van der Waals surface area contributed by atoms with Crippen LogP contribution in [0.1, 0.15) is 57.4 Å². The number of nitrogens with one attached hydrogen (secondary N) is 1. The fourth-order valence-corrected chi connectivity index (χ4v) is 4.59. The van der Waals surface area contributed by atoms with E-state index in [9.17, 15) is 4.79 Å². The number of benzene rings is 1. The second-order valence-electron chi connectivity index (χ2n) is 8.24. The maximum Gasteiger partial charge on any atom is 0.279 e. The van der Waals surface area contributed by atoms with Gasteiger partial charge in [-0.3, -0.25) is 4.79 Å². The van der Waals surface area contributed by atoms with Gasteiger partial charge in [-0.15, -0.1) is 0 Å². The van der Waals surface area contributed by atoms with Crippen LogP contribution in [0.4, 0.5) is 4.79 Å². The minimum atomic E-state index is 0.148. The third-order valence-electron chi connectivity index (χ3n) is 5.72. The highest BCUT2D eigenvalue weighted by Gasteiger charge is 2.16. The highest BCUT2D eigenvalue weighted by molar-refractivity contribution is 8.13. The Labute approximate surface area is 193 Å². The lowest BCUT2D eigenvalue weighted by Crippen LogP contribution is -2.46. The molecule has 1 heterocycles. The Kier molecular flexibility index (Phi) is 13.6. The molecule has 0 bridgehead atoms. The van der Waals surface area contributed by atoms with Crippen LogP contribution in [0.3, 0.4) is 0 Å². The van der Waals surface area contributed by atoms with Gasteiger partial charge in [0.05, 0.1) is 0 Å². The summed E-state index contributed by atoms with van der Waals surface area (Å²) in [6.45, 7) is 10.0. The Morgan fingerprint density at radius 3 is 2.27 bits per heavy atom. The van der Waals surface area contributed by atoms with E-state index in [1.165, 1.54) is 69.1 Å². The molecule has 170 valence electrons. The van der Waals surface area contributed by atoms with Crippen LogP contribution in [-0.2, 0) is 6.42 Å². The second kappa shape index (κ2) is 16.0. The Morgan fingerprint density at radius 1 is 0.933 bits per heavy atom. The number of hydrogen-bond donors (Lipinski definition) is 1. The molecule has 1 saturated heterocycles. The van der Waals surface area contributed by atoms with E-state index in [2.05, 4.69) is 34.2 Å². The van der Waals surface area contributed by atoms with Gasteiger partial charge in [-0.1, -0.05) is 61.7 Å². The molecule has 0 aromatic heterocycles. The summed E-state index contributed by atoms with van der Waals surface area (Å²) in [4.78, 5) is 17.0. The molecule has 1 aromatic rings. The SMILES string of the molecule is CCCCCCNC(=O)SCCCN1CCN(CCCCc2ccc(Cl)cc2)CC1. The number of nitrogens with zero attached hydrogens (tertiary/aromatic N) is 2. The van der Waals surface area contributed by atoms with Crippen LogP contribution in [0.25, 0.3) is 0 Å². The first-order valence-electron chi connectivity index (χ1n) is 11.8. The first-order valence-corrected chi connectivity index (χ1v) is 13.1. The number of amides is 1. The summed E-state index contributed by atoms with van der Waals surface area (Å²) in [7, 11) is 0. The van der Waals surface area contributed by atoms with Gasteiger partial charge in [-0.25, -0.2) is 0 Å². The second-order valence-corrected chi connectivity index (χ2v) is 9.75. The van der Waals surface area contributed by atoms with Crippen molar-refractivity contribution in [3.63, 3.8) is 0 Å². The van der Waals surface area contributed by atoms with Crippen LogP contribution in [-0.4, -0.2) is 66.6 Å².